The summed E-state index contributed by atoms with van der Waals surface area (Å²) in [6.07, 6.45) is 0.374. The Morgan fingerprint density at radius 1 is 1.43 bits per heavy atom. The maximum Gasteiger partial charge on any atom is 0.171 e. The summed E-state index contributed by atoms with van der Waals surface area (Å²) < 4.78 is 0. The number of benzene rings is 1. The second-order valence-corrected chi connectivity index (χ2v) is 4.09. The summed E-state index contributed by atoms with van der Waals surface area (Å²) in [5.74, 6) is 0.0477. The van der Waals surface area contributed by atoms with Crippen molar-refractivity contribution in [1.82, 2.24) is 15.4 Å². The third kappa shape index (κ3) is 1.69. The van der Waals surface area contributed by atoms with Crippen LogP contribution in [0.1, 0.15) is 10.4 Å². The first kappa shape index (κ1) is 9.37. The highest BCUT2D eigenvalue weighted by Gasteiger charge is 2.06. The molecule has 0 unspecified atom stereocenters. The van der Waals surface area contributed by atoms with Gasteiger partial charge >= 0.3 is 0 Å². The van der Waals surface area contributed by atoms with Gasteiger partial charge in [0.1, 0.15) is 11.0 Å². The minimum atomic E-state index is 0.0477. The first-order chi connectivity index (χ1) is 6.81. The molecule has 1 heterocycles. The van der Waals surface area contributed by atoms with Crippen LogP contribution >= 0.6 is 7.36 Å². The summed E-state index contributed by atoms with van der Waals surface area (Å²) in [7, 11) is 0.670. The largest absolute Gasteiger partial charge is 0.293 e. The van der Waals surface area contributed by atoms with Crippen molar-refractivity contribution >= 4 is 36.0 Å². The molecule has 0 aliphatic heterocycles. The Bertz CT molecular complexity index is 496. The van der Waals surface area contributed by atoms with Gasteiger partial charge in [0, 0.05) is 5.56 Å². The summed E-state index contributed by atoms with van der Waals surface area (Å²) >= 11 is 4.72. The van der Waals surface area contributed by atoms with Crippen LogP contribution in [-0.2, 0) is 11.8 Å². The fourth-order valence-corrected chi connectivity index (χ4v) is 1.82. The predicted molar refractivity (Wildman–Crippen MR) is 57.4 cm³/mol. The van der Waals surface area contributed by atoms with E-state index in [1.165, 1.54) is 0 Å². The van der Waals surface area contributed by atoms with E-state index in [2.05, 4.69) is 15.4 Å². The van der Waals surface area contributed by atoms with Gasteiger partial charge in [-0.2, -0.15) is 15.4 Å². The normalized spacial score (nSPS) is 10.9. The number of ketones is 1. The minimum absolute atomic E-state index is 0.0477. The van der Waals surface area contributed by atoms with Crippen LogP contribution in [0.15, 0.2) is 18.2 Å². The van der Waals surface area contributed by atoms with Gasteiger partial charge in [-0.1, -0.05) is 11.8 Å². The van der Waals surface area contributed by atoms with Crippen molar-refractivity contribution in [2.45, 2.75) is 0 Å². The molecule has 1 N–H and O–H groups in total. The Morgan fingerprint density at radius 2 is 2.21 bits per heavy atom. The van der Waals surface area contributed by atoms with E-state index in [4.69, 9.17) is 11.8 Å². The van der Waals surface area contributed by atoms with Crippen molar-refractivity contribution < 1.29 is 4.79 Å². The van der Waals surface area contributed by atoms with Crippen molar-refractivity contribution in [2.75, 3.05) is 6.16 Å². The SMILES string of the molecule is O=C(CP=S)c1ccc2n[nH]nc2c1. The highest BCUT2D eigenvalue weighted by Crippen LogP contribution is 2.12. The van der Waals surface area contributed by atoms with E-state index in [1.54, 1.807) is 18.2 Å². The fraction of sp³-hybridized carbons (Fsp3) is 0.125. The number of rotatable bonds is 3. The van der Waals surface area contributed by atoms with Crippen LogP contribution in [-0.4, -0.2) is 27.4 Å². The van der Waals surface area contributed by atoms with Crippen molar-refractivity contribution in [3.05, 3.63) is 23.8 Å². The van der Waals surface area contributed by atoms with Gasteiger partial charge in [0.15, 0.2) is 5.78 Å². The van der Waals surface area contributed by atoms with Gasteiger partial charge in [-0.25, -0.2) is 0 Å². The second-order valence-electron chi connectivity index (χ2n) is 2.74. The molecule has 0 bridgehead atoms. The molecule has 0 spiro atoms. The molecule has 1 aromatic heterocycles. The molecule has 70 valence electrons. The Hall–Kier alpha value is -1.19. The monoisotopic (exact) mass is 223 g/mol. The molecular formula is C8H6N3OPS. The zero-order valence-corrected chi connectivity index (χ0v) is 8.81. The van der Waals surface area contributed by atoms with Crippen molar-refractivity contribution in [3.8, 4) is 0 Å². The van der Waals surface area contributed by atoms with Gasteiger partial charge in [-0.05, 0) is 25.6 Å². The maximum absolute atomic E-state index is 11.5. The summed E-state index contributed by atoms with van der Waals surface area (Å²) in [5.41, 5.74) is 2.11. The molecule has 0 amide bonds. The molecule has 0 saturated carbocycles. The van der Waals surface area contributed by atoms with Gasteiger partial charge in [0.25, 0.3) is 0 Å². The van der Waals surface area contributed by atoms with Gasteiger partial charge in [0.05, 0.1) is 6.16 Å². The average molecular weight is 223 g/mol. The molecule has 2 rings (SSSR count). The summed E-state index contributed by atoms with van der Waals surface area (Å²) in [5, 5.41) is 10.3. The molecule has 0 aliphatic rings. The van der Waals surface area contributed by atoms with Crippen LogP contribution in [0.4, 0.5) is 0 Å². The third-order valence-electron chi connectivity index (χ3n) is 1.85. The molecular weight excluding hydrogens is 217 g/mol. The molecule has 4 nitrogen and oxygen atoms in total. The Balaban J connectivity index is 2.43. The topological polar surface area (TPSA) is 58.6 Å². The molecule has 6 heteroatoms. The van der Waals surface area contributed by atoms with E-state index in [0.29, 0.717) is 24.6 Å². The number of fused-ring (bicyclic) bond motifs is 1. The summed E-state index contributed by atoms with van der Waals surface area (Å²) in [6.45, 7) is 0. The van der Waals surface area contributed by atoms with E-state index in [0.717, 1.165) is 5.52 Å². The summed E-state index contributed by atoms with van der Waals surface area (Å²) in [6, 6.07) is 5.24. The highest BCUT2D eigenvalue weighted by molar-refractivity contribution is 7.96. The first-order valence-electron chi connectivity index (χ1n) is 3.94. The molecule has 0 saturated heterocycles. The lowest BCUT2D eigenvalue weighted by Crippen LogP contribution is -1.99. The fourth-order valence-electron chi connectivity index (χ4n) is 1.16. The molecule has 0 radical (unpaired) electrons. The lowest BCUT2D eigenvalue weighted by molar-refractivity contribution is 0.102. The molecule has 2 aromatic rings. The average Bonchev–Trinajstić information content (AvgIpc) is 2.64. The van der Waals surface area contributed by atoms with E-state index < -0.39 is 0 Å². The van der Waals surface area contributed by atoms with Gasteiger partial charge in [-0.15, -0.1) is 0 Å². The molecule has 1 aromatic carbocycles. The third-order valence-corrected chi connectivity index (χ3v) is 2.65. The Labute approximate surface area is 86.5 Å². The number of aromatic nitrogens is 3. The number of nitrogens with one attached hydrogen (secondary N) is 1. The number of carbonyl (C=O) groups excluding carboxylic acids is 1. The lowest BCUT2D eigenvalue weighted by Gasteiger charge is -1.95. The van der Waals surface area contributed by atoms with E-state index >= 15 is 0 Å². The Kier molecular flexibility index (Phi) is 2.61. The van der Waals surface area contributed by atoms with E-state index in [-0.39, 0.29) is 5.78 Å². The first-order valence-corrected chi connectivity index (χ1v) is 6.03. The molecule has 0 aliphatic carbocycles. The van der Waals surface area contributed by atoms with Gasteiger partial charge in [-0.3, -0.25) is 4.79 Å². The lowest BCUT2D eigenvalue weighted by atomic mass is 10.1. The zero-order valence-electron chi connectivity index (χ0n) is 7.10. The van der Waals surface area contributed by atoms with Crippen LogP contribution in [0, 0.1) is 0 Å². The van der Waals surface area contributed by atoms with Crippen LogP contribution in [0.2, 0.25) is 0 Å². The van der Waals surface area contributed by atoms with Gasteiger partial charge in [0.2, 0.25) is 0 Å². The maximum atomic E-state index is 11.5. The van der Waals surface area contributed by atoms with Crippen molar-refractivity contribution in [3.63, 3.8) is 0 Å². The van der Waals surface area contributed by atoms with E-state index in [1.807, 2.05) is 0 Å². The molecule has 0 fully saturated rings. The summed E-state index contributed by atoms with van der Waals surface area (Å²) in [4.78, 5) is 11.5. The van der Waals surface area contributed by atoms with E-state index in [9.17, 15) is 4.79 Å². The number of Topliss-reactive ketones (excluding diaryl/α,β-unsaturated/α-hetero) is 1. The second kappa shape index (κ2) is 3.90. The number of nitrogens with zero attached hydrogens (tertiary/aromatic N) is 2. The zero-order chi connectivity index (χ0) is 9.97. The quantitative estimate of drug-likeness (QED) is 0.633. The van der Waals surface area contributed by atoms with Crippen LogP contribution in [0.3, 0.4) is 0 Å². The number of aromatic amines is 1. The molecule has 0 atom stereocenters. The van der Waals surface area contributed by atoms with Crippen molar-refractivity contribution in [2.24, 2.45) is 0 Å². The van der Waals surface area contributed by atoms with Gasteiger partial charge < -0.3 is 0 Å². The number of hydrogen-bond donors (Lipinski definition) is 1. The van der Waals surface area contributed by atoms with Crippen molar-refractivity contribution in [1.29, 1.82) is 0 Å². The van der Waals surface area contributed by atoms with Crippen LogP contribution in [0.5, 0.6) is 0 Å². The van der Waals surface area contributed by atoms with Crippen LogP contribution in [0.25, 0.3) is 11.0 Å². The highest BCUT2D eigenvalue weighted by atomic mass is 32.4. The minimum Gasteiger partial charge on any atom is -0.293 e. The standard InChI is InChI=1S/C8H6N3OPS/c12-8(4-13-14)5-1-2-6-7(3-5)10-11-9-6/h1-3H,4H2,(H,9,10,11). The predicted octanol–water partition coefficient (Wildman–Crippen LogP) is 1.55. The smallest absolute Gasteiger partial charge is 0.171 e. The number of hydrogen-bond acceptors (Lipinski definition) is 4. The number of carbonyl (C=O) groups is 1. The Morgan fingerprint density at radius 3 is 3.00 bits per heavy atom. The number of H-pyrrole nitrogens is 1. The molecule has 14 heavy (non-hydrogen) atoms. The van der Waals surface area contributed by atoms with Crippen LogP contribution < -0.4 is 0 Å².